The van der Waals surface area contributed by atoms with Crippen LogP contribution in [0, 0.1) is 0 Å². The van der Waals surface area contributed by atoms with Crippen molar-refractivity contribution in [3.63, 3.8) is 0 Å². The molecule has 0 spiro atoms. The van der Waals surface area contributed by atoms with Crippen molar-refractivity contribution in [2.75, 3.05) is 25.0 Å². The highest BCUT2D eigenvalue weighted by Crippen LogP contribution is 2.36. The fraction of sp³-hybridized carbons (Fsp3) is 0.480. The van der Waals surface area contributed by atoms with E-state index in [0.29, 0.717) is 5.92 Å². The van der Waals surface area contributed by atoms with Gasteiger partial charge in [-0.05, 0) is 92.9 Å². The first kappa shape index (κ1) is 18.7. The highest BCUT2D eigenvalue weighted by Gasteiger charge is 2.25. The first-order valence-electron chi connectivity index (χ1n) is 11.3. The van der Waals surface area contributed by atoms with Crippen molar-refractivity contribution < 1.29 is 4.79 Å². The minimum absolute atomic E-state index is 0.00815. The SMILES string of the molecule is CC1CCCc2[nH]c(C=C3C(=O)Nc4ccc(CCN5CCCCC5)cc43)cc21. The number of hydrogen-bond acceptors (Lipinski definition) is 2. The molecule has 2 N–H and O–H groups in total. The molecule has 1 unspecified atom stereocenters. The average Bonchev–Trinajstić information content (AvgIpc) is 3.29. The van der Waals surface area contributed by atoms with Crippen LogP contribution in [0.15, 0.2) is 24.3 Å². The number of rotatable bonds is 4. The van der Waals surface area contributed by atoms with Crippen LogP contribution in [0.1, 0.15) is 73.0 Å². The van der Waals surface area contributed by atoms with Gasteiger partial charge in [-0.15, -0.1) is 0 Å². The highest BCUT2D eigenvalue weighted by atomic mass is 16.2. The Morgan fingerprint density at radius 2 is 2.00 bits per heavy atom. The molecule has 0 radical (unpaired) electrons. The van der Waals surface area contributed by atoms with E-state index in [2.05, 4.69) is 46.4 Å². The number of likely N-dealkylation sites (tertiary alicyclic amines) is 1. The first-order chi connectivity index (χ1) is 14.2. The predicted molar refractivity (Wildman–Crippen MR) is 119 cm³/mol. The number of carbonyl (C=O) groups excluding carboxylic acids is 1. The van der Waals surface area contributed by atoms with E-state index in [1.54, 1.807) is 0 Å². The number of amides is 1. The second-order valence-electron chi connectivity index (χ2n) is 9.00. The van der Waals surface area contributed by atoms with Crippen LogP contribution in [0.4, 0.5) is 5.69 Å². The lowest BCUT2D eigenvalue weighted by atomic mass is 9.88. The zero-order valence-electron chi connectivity index (χ0n) is 17.4. The molecule has 1 aromatic carbocycles. The number of hydrogen-bond donors (Lipinski definition) is 2. The number of piperidine rings is 1. The third kappa shape index (κ3) is 3.78. The normalized spacial score (nSPS) is 23.1. The zero-order valence-corrected chi connectivity index (χ0v) is 17.4. The van der Waals surface area contributed by atoms with Gasteiger partial charge < -0.3 is 15.2 Å². The summed E-state index contributed by atoms with van der Waals surface area (Å²) < 4.78 is 0. The molecule has 4 nitrogen and oxygen atoms in total. The molecule has 1 aromatic heterocycles. The van der Waals surface area contributed by atoms with Crippen molar-refractivity contribution in [1.29, 1.82) is 0 Å². The van der Waals surface area contributed by atoms with Gasteiger partial charge in [0.05, 0.1) is 5.57 Å². The Balaban J connectivity index is 1.38. The Kier molecular flexibility index (Phi) is 5.04. The molecule has 1 saturated heterocycles. The Morgan fingerprint density at radius 3 is 2.83 bits per heavy atom. The minimum atomic E-state index is 0.00815. The van der Waals surface area contributed by atoms with Crippen LogP contribution in [0.5, 0.6) is 0 Å². The van der Waals surface area contributed by atoms with E-state index in [0.717, 1.165) is 41.9 Å². The lowest BCUT2D eigenvalue weighted by Gasteiger charge is -2.26. The second kappa shape index (κ2) is 7.83. The Bertz CT molecular complexity index is 949. The molecule has 0 saturated carbocycles. The number of H-pyrrole nitrogens is 1. The third-order valence-corrected chi connectivity index (χ3v) is 6.88. The van der Waals surface area contributed by atoms with Crippen LogP contribution in [0.25, 0.3) is 11.6 Å². The zero-order chi connectivity index (χ0) is 19.8. The van der Waals surface area contributed by atoms with Crippen molar-refractivity contribution in [3.05, 3.63) is 52.3 Å². The molecule has 2 aliphatic heterocycles. The smallest absolute Gasteiger partial charge is 0.256 e. The van der Waals surface area contributed by atoms with E-state index >= 15 is 0 Å². The van der Waals surface area contributed by atoms with Crippen molar-refractivity contribution >= 4 is 23.2 Å². The maximum absolute atomic E-state index is 12.7. The first-order valence-corrected chi connectivity index (χ1v) is 11.3. The van der Waals surface area contributed by atoms with Crippen LogP contribution < -0.4 is 5.32 Å². The summed E-state index contributed by atoms with van der Waals surface area (Å²) in [4.78, 5) is 18.8. The molecule has 1 fully saturated rings. The van der Waals surface area contributed by atoms with Gasteiger partial charge in [-0.2, -0.15) is 0 Å². The quantitative estimate of drug-likeness (QED) is 0.725. The number of aromatic amines is 1. The van der Waals surface area contributed by atoms with E-state index in [4.69, 9.17) is 0 Å². The van der Waals surface area contributed by atoms with Gasteiger partial charge in [0.1, 0.15) is 0 Å². The van der Waals surface area contributed by atoms with Crippen molar-refractivity contribution in [2.24, 2.45) is 0 Å². The number of nitrogens with zero attached hydrogens (tertiary/aromatic N) is 1. The van der Waals surface area contributed by atoms with E-state index in [1.165, 1.54) is 62.0 Å². The monoisotopic (exact) mass is 389 g/mol. The lowest BCUT2D eigenvalue weighted by molar-refractivity contribution is -0.110. The highest BCUT2D eigenvalue weighted by molar-refractivity contribution is 6.34. The Morgan fingerprint density at radius 1 is 1.14 bits per heavy atom. The van der Waals surface area contributed by atoms with Gasteiger partial charge in [0.15, 0.2) is 0 Å². The number of benzene rings is 1. The summed E-state index contributed by atoms with van der Waals surface area (Å²) >= 11 is 0. The van der Waals surface area contributed by atoms with Gasteiger partial charge in [-0.1, -0.05) is 19.4 Å². The number of aryl methyl sites for hydroxylation is 1. The summed E-state index contributed by atoms with van der Waals surface area (Å²) in [6.07, 6.45) is 10.7. The van der Waals surface area contributed by atoms with E-state index in [-0.39, 0.29) is 5.91 Å². The van der Waals surface area contributed by atoms with Gasteiger partial charge in [0.2, 0.25) is 0 Å². The second-order valence-corrected chi connectivity index (χ2v) is 9.00. The average molecular weight is 390 g/mol. The van der Waals surface area contributed by atoms with Crippen molar-refractivity contribution in [2.45, 2.75) is 57.8 Å². The largest absolute Gasteiger partial charge is 0.359 e. The van der Waals surface area contributed by atoms with Crippen LogP contribution >= 0.6 is 0 Å². The number of fused-ring (bicyclic) bond motifs is 2. The van der Waals surface area contributed by atoms with Crippen LogP contribution in [0.2, 0.25) is 0 Å². The summed E-state index contributed by atoms with van der Waals surface area (Å²) in [6, 6.07) is 8.70. The van der Waals surface area contributed by atoms with Crippen LogP contribution in [-0.4, -0.2) is 35.4 Å². The predicted octanol–water partition coefficient (Wildman–Crippen LogP) is 4.98. The summed E-state index contributed by atoms with van der Waals surface area (Å²) in [7, 11) is 0. The van der Waals surface area contributed by atoms with E-state index in [1.807, 2.05) is 6.08 Å². The van der Waals surface area contributed by atoms with E-state index in [9.17, 15) is 4.79 Å². The van der Waals surface area contributed by atoms with Crippen molar-refractivity contribution in [3.8, 4) is 0 Å². The van der Waals surface area contributed by atoms with Gasteiger partial charge >= 0.3 is 0 Å². The number of carbonyl (C=O) groups is 1. The molecule has 152 valence electrons. The van der Waals surface area contributed by atoms with E-state index < -0.39 is 0 Å². The molecule has 1 amide bonds. The molecular formula is C25H31N3O. The Labute approximate surface area is 173 Å². The maximum atomic E-state index is 12.7. The molecule has 1 aliphatic carbocycles. The summed E-state index contributed by atoms with van der Waals surface area (Å²) in [6.45, 7) is 5.87. The van der Waals surface area contributed by atoms with Gasteiger partial charge in [0, 0.05) is 29.2 Å². The standard InChI is InChI=1S/C25H31N3O/c1-17-6-5-7-23-20(17)15-19(26-23)16-22-21-14-18(8-9-24(21)27-25(22)29)10-13-28-11-3-2-4-12-28/h8-9,14-17,26H,2-7,10-13H2,1H3,(H,27,29). The van der Waals surface area contributed by atoms with Gasteiger partial charge in [-0.25, -0.2) is 0 Å². The molecule has 3 aliphatic rings. The fourth-order valence-electron chi connectivity index (χ4n) is 5.16. The number of aromatic nitrogens is 1. The summed E-state index contributed by atoms with van der Waals surface area (Å²) in [5.74, 6) is 0.613. The molecule has 4 heteroatoms. The molecule has 0 bridgehead atoms. The fourth-order valence-corrected chi connectivity index (χ4v) is 5.16. The lowest BCUT2D eigenvalue weighted by Crippen LogP contribution is -2.31. The molecule has 29 heavy (non-hydrogen) atoms. The molecule has 3 heterocycles. The third-order valence-electron chi connectivity index (χ3n) is 6.88. The summed E-state index contributed by atoms with van der Waals surface area (Å²) in [5, 5.41) is 3.04. The van der Waals surface area contributed by atoms with Gasteiger partial charge in [0.25, 0.3) is 5.91 Å². The number of anilines is 1. The van der Waals surface area contributed by atoms with Gasteiger partial charge in [-0.3, -0.25) is 4.79 Å². The summed E-state index contributed by atoms with van der Waals surface area (Å²) in [5.41, 5.74) is 7.92. The Hall–Kier alpha value is -2.33. The van der Waals surface area contributed by atoms with Crippen LogP contribution in [-0.2, 0) is 17.6 Å². The number of nitrogens with one attached hydrogen (secondary N) is 2. The topological polar surface area (TPSA) is 48.1 Å². The molecular weight excluding hydrogens is 358 g/mol. The molecule has 2 aromatic rings. The van der Waals surface area contributed by atoms with Crippen LogP contribution in [0.3, 0.4) is 0 Å². The van der Waals surface area contributed by atoms with Crippen molar-refractivity contribution in [1.82, 2.24) is 9.88 Å². The maximum Gasteiger partial charge on any atom is 0.256 e. The molecule has 5 rings (SSSR count). The minimum Gasteiger partial charge on any atom is -0.359 e. The molecule has 1 atom stereocenters.